The average molecular weight is 352 g/mol. The molecule has 2 fully saturated rings. The number of nitrogens with zero attached hydrogens (tertiary/aromatic N) is 3. The Morgan fingerprint density at radius 2 is 2.04 bits per heavy atom. The maximum Gasteiger partial charge on any atom is 0.222 e. The molecule has 3 heterocycles. The largest absolute Gasteiger partial charge is 0.341 e. The average Bonchev–Trinajstić information content (AvgIpc) is 2.67. The van der Waals surface area contributed by atoms with Crippen molar-refractivity contribution in [2.24, 2.45) is 0 Å². The summed E-state index contributed by atoms with van der Waals surface area (Å²) in [4.78, 5) is 16.7. The van der Waals surface area contributed by atoms with Gasteiger partial charge in [0.1, 0.15) is 0 Å². The Hall–Kier alpha value is -1.90. The van der Waals surface area contributed by atoms with Gasteiger partial charge in [-0.1, -0.05) is 6.07 Å². The fraction of sp³-hybridized carbons (Fsp3) is 0.619. The number of likely N-dealkylation sites (tertiary alicyclic amines) is 1. The number of carbonyl (C=O) groups excluding carboxylic acids is 1. The van der Waals surface area contributed by atoms with Gasteiger partial charge < -0.3 is 10.2 Å². The van der Waals surface area contributed by atoms with Gasteiger partial charge in [0, 0.05) is 44.6 Å². The molecule has 138 valence electrons. The van der Waals surface area contributed by atoms with E-state index in [1.54, 1.807) is 0 Å². The molecule has 5 nitrogen and oxygen atoms in total. The Balaban J connectivity index is 1.54. The van der Waals surface area contributed by atoms with Gasteiger partial charge in [0.15, 0.2) is 0 Å². The Kier molecular flexibility index (Phi) is 4.97. The van der Waals surface area contributed by atoms with Gasteiger partial charge in [0.25, 0.3) is 0 Å². The first-order valence-electron chi connectivity index (χ1n) is 9.95. The predicted molar refractivity (Wildman–Crippen MR) is 101 cm³/mol. The van der Waals surface area contributed by atoms with Crippen molar-refractivity contribution in [3.05, 3.63) is 34.9 Å². The van der Waals surface area contributed by atoms with Crippen LogP contribution in [0, 0.1) is 11.3 Å². The molecule has 3 aliphatic heterocycles. The van der Waals surface area contributed by atoms with Gasteiger partial charge in [-0.3, -0.25) is 9.69 Å². The number of hydrogen-bond acceptors (Lipinski definition) is 4. The molecule has 1 aromatic carbocycles. The van der Waals surface area contributed by atoms with Crippen molar-refractivity contribution in [3.8, 4) is 6.07 Å². The molecule has 1 amide bonds. The fourth-order valence-electron chi connectivity index (χ4n) is 4.97. The summed E-state index contributed by atoms with van der Waals surface area (Å²) in [5.41, 5.74) is 3.70. The van der Waals surface area contributed by atoms with Crippen LogP contribution >= 0.6 is 0 Å². The monoisotopic (exact) mass is 352 g/mol. The lowest BCUT2D eigenvalue weighted by Crippen LogP contribution is -2.52. The molecule has 5 heteroatoms. The summed E-state index contributed by atoms with van der Waals surface area (Å²) in [6, 6.07) is 8.55. The van der Waals surface area contributed by atoms with Gasteiger partial charge in [-0.25, -0.2) is 0 Å². The minimum absolute atomic E-state index is 0.193. The van der Waals surface area contributed by atoms with Crippen LogP contribution in [0.5, 0.6) is 0 Å². The van der Waals surface area contributed by atoms with Crippen LogP contribution in [0.4, 0.5) is 0 Å². The van der Waals surface area contributed by atoms with Crippen LogP contribution in [0.25, 0.3) is 0 Å². The highest BCUT2D eigenvalue weighted by Crippen LogP contribution is 2.40. The molecule has 0 saturated carbocycles. The molecule has 0 aromatic heterocycles. The van der Waals surface area contributed by atoms with E-state index in [4.69, 9.17) is 0 Å². The van der Waals surface area contributed by atoms with E-state index in [2.05, 4.69) is 28.4 Å². The number of rotatable bonds is 3. The first kappa shape index (κ1) is 17.5. The van der Waals surface area contributed by atoms with Crippen LogP contribution in [0.1, 0.15) is 48.8 Å². The highest BCUT2D eigenvalue weighted by molar-refractivity contribution is 5.76. The number of carbonyl (C=O) groups is 1. The first-order chi connectivity index (χ1) is 12.7. The molecule has 0 unspecified atom stereocenters. The molecule has 0 bridgehead atoms. The lowest BCUT2D eigenvalue weighted by Gasteiger charge is -2.47. The van der Waals surface area contributed by atoms with Crippen molar-refractivity contribution in [1.82, 2.24) is 15.1 Å². The molecule has 3 aliphatic rings. The number of hydrogen-bond donors (Lipinski definition) is 1. The second-order valence-electron chi connectivity index (χ2n) is 8.06. The van der Waals surface area contributed by atoms with Crippen LogP contribution in [0.2, 0.25) is 0 Å². The van der Waals surface area contributed by atoms with E-state index in [9.17, 15) is 10.1 Å². The third kappa shape index (κ3) is 3.36. The zero-order valence-electron chi connectivity index (χ0n) is 15.5. The molecule has 26 heavy (non-hydrogen) atoms. The van der Waals surface area contributed by atoms with E-state index in [0.29, 0.717) is 12.3 Å². The number of nitriles is 1. The van der Waals surface area contributed by atoms with E-state index < -0.39 is 0 Å². The summed E-state index contributed by atoms with van der Waals surface area (Å²) in [6.45, 7) is 6.74. The van der Waals surface area contributed by atoms with Gasteiger partial charge >= 0.3 is 0 Å². The number of fused-ring (bicyclic) bond motifs is 2. The van der Waals surface area contributed by atoms with Crippen molar-refractivity contribution in [2.75, 3.05) is 39.3 Å². The van der Waals surface area contributed by atoms with Gasteiger partial charge in [-0.15, -0.1) is 0 Å². The Labute approximate surface area is 156 Å². The maximum atomic E-state index is 12.1. The molecule has 0 aliphatic carbocycles. The van der Waals surface area contributed by atoms with E-state index in [-0.39, 0.29) is 5.41 Å². The number of piperidine rings is 2. The van der Waals surface area contributed by atoms with E-state index in [1.807, 2.05) is 11.0 Å². The van der Waals surface area contributed by atoms with E-state index in [0.717, 1.165) is 77.1 Å². The summed E-state index contributed by atoms with van der Waals surface area (Å²) < 4.78 is 0. The standard InChI is InChI=1S/C21H28N4O/c22-14-17-4-5-19-18(13-17)15-24(16-21(19)6-8-23-9-7-21)11-12-25-10-2-1-3-20(25)26/h4-5,13,23H,1-3,6-12,15-16H2. The predicted octanol–water partition coefficient (Wildman–Crippen LogP) is 2.01. The van der Waals surface area contributed by atoms with Crippen LogP contribution in [0.15, 0.2) is 18.2 Å². The SMILES string of the molecule is N#Cc1ccc2c(c1)CN(CCN1CCCCC1=O)CC21CCNCC1. The zero-order chi connectivity index (χ0) is 18.0. The van der Waals surface area contributed by atoms with Crippen molar-refractivity contribution in [2.45, 2.75) is 44.1 Å². The van der Waals surface area contributed by atoms with Gasteiger partial charge in [0.2, 0.25) is 5.91 Å². The van der Waals surface area contributed by atoms with Gasteiger partial charge in [0.05, 0.1) is 11.6 Å². The van der Waals surface area contributed by atoms with E-state index >= 15 is 0 Å². The summed E-state index contributed by atoms with van der Waals surface area (Å²) in [5, 5.41) is 12.8. The van der Waals surface area contributed by atoms with Gasteiger partial charge in [-0.2, -0.15) is 5.26 Å². The summed E-state index contributed by atoms with van der Waals surface area (Å²) >= 11 is 0. The Morgan fingerprint density at radius 1 is 1.19 bits per heavy atom. The highest BCUT2D eigenvalue weighted by atomic mass is 16.2. The quantitative estimate of drug-likeness (QED) is 0.904. The molecule has 0 atom stereocenters. The van der Waals surface area contributed by atoms with Crippen molar-refractivity contribution in [3.63, 3.8) is 0 Å². The van der Waals surface area contributed by atoms with Crippen LogP contribution < -0.4 is 5.32 Å². The molecule has 1 N–H and O–H groups in total. The maximum absolute atomic E-state index is 12.1. The van der Waals surface area contributed by atoms with Crippen LogP contribution in [-0.2, 0) is 16.8 Å². The fourth-order valence-corrected chi connectivity index (χ4v) is 4.97. The molecule has 4 rings (SSSR count). The highest BCUT2D eigenvalue weighted by Gasteiger charge is 2.40. The molecule has 0 radical (unpaired) electrons. The topological polar surface area (TPSA) is 59.4 Å². The molecule has 2 saturated heterocycles. The Morgan fingerprint density at radius 3 is 2.81 bits per heavy atom. The van der Waals surface area contributed by atoms with Crippen molar-refractivity contribution < 1.29 is 4.79 Å². The minimum atomic E-state index is 0.193. The third-order valence-electron chi connectivity index (χ3n) is 6.39. The number of benzene rings is 1. The normalized spacial score (nSPS) is 22.9. The molecule has 1 spiro atoms. The second kappa shape index (κ2) is 7.38. The van der Waals surface area contributed by atoms with Crippen LogP contribution in [-0.4, -0.2) is 55.0 Å². The first-order valence-corrected chi connectivity index (χ1v) is 9.95. The minimum Gasteiger partial charge on any atom is -0.341 e. The Bertz CT molecular complexity index is 717. The number of nitrogens with one attached hydrogen (secondary N) is 1. The lowest BCUT2D eigenvalue weighted by molar-refractivity contribution is -0.133. The molecular formula is C21H28N4O. The second-order valence-corrected chi connectivity index (χ2v) is 8.06. The summed E-state index contributed by atoms with van der Waals surface area (Å²) in [6.07, 6.45) is 5.18. The van der Waals surface area contributed by atoms with Crippen LogP contribution in [0.3, 0.4) is 0 Å². The van der Waals surface area contributed by atoms with Crippen molar-refractivity contribution >= 4 is 5.91 Å². The molecular weight excluding hydrogens is 324 g/mol. The van der Waals surface area contributed by atoms with Gasteiger partial charge in [-0.05, 0) is 62.0 Å². The lowest BCUT2D eigenvalue weighted by atomic mass is 9.69. The summed E-state index contributed by atoms with van der Waals surface area (Å²) in [7, 11) is 0. The van der Waals surface area contributed by atoms with E-state index in [1.165, 1.54) is 11.1 Å². The summed E-state index contributed by atoms with van der Waals surface area (Å²) in [5.74, 6) is 0.317. The number of amides is 1. The van der Waals surface area contributed by atoms with Crippen molar-refractivity contribution in [1.29, 1.82) is 5.26 Å². The third-order valence-corrected chi connectivity index (χ3v) is 6.39. The molecule has 1 aromatic rings. The zero-order valence-corrected chi connectivity index (χ0v) is 15.5. The smallest absolute Gasteiger partial charge is 0.222 e.